The molecular formula is C15H26N8O. The first-order valence-corrected chi connectivity index (χ1v) is 7.85. The number of nitrogens with one attached hydrogen (secondary N) is 2. The van der Waals surface area contributed by atoms with Crippen LogP contribution in [-0.2, 0) is 0 Å². The van der Waals surface area contributed by atoms with E-state index in [1.807, 2.05) is 27.7 Å². The molecule has 0 spiro atoms. The highest BCUT2D eigenvalue weighted by molar-refractivity contribution is 5.91. The van der Waals surface area contributed by atoms with Gasteiger partial charge in [0.15, 0.2) is 0 Å². The van der Waals surface area contributed by atoms with Gasteiger partial charge in [-0.2, -0.15) is 20.2 Å². The lowest BCUT2D eigenvalue weighted by Gasteiger charge is -2.26. The SMILES string of the molecule is CC(C)Nc1nc(NC(C)C)nc(N(C(=O)N(C)C)C(C)C#N)n1. The minimum Gasteiger partial charge on any atom is -0.352 e. The molecule has 9 nitrogen and oxygen atoms in total. The molecular weight excluding hydrogens is 308 g/mol. The standard InChI is InChI=1S/C15H26N8O/c1-9(2)17-12-19-13(18-10(3)4)21-14(20-12)23(11(5)8-16)15(24)22(6)7/h9-11H,1-7H3,(H2,17,18,19,20,21). The Bertz CT molecular complexity index is 580. The van der Waals surface area contributed by atoms with Crippen LogP contribution in [0.5, 0.6) is 0 Å². The summed E-state index contributed by atoms with van der Waals surface area (Å²) in [6.07, 6.45) is 0. The summed E-state index contributed by atoms with van der Waals surface area (Å²) in [5.41, 5.74) is 0. The van der Waals surface area contributed by atoms with Gasteiger partial charge in [-0.1, -0.05) is 0 Å². The van der Waals surface area contributed by atoms with Crippen LogP contribution >= 0.6 is 0 Å². The molecule has 2 N–H and O–H groups in total. The van der Waals surface area contributed by atoms with Crippen molar-refractivity contribution in [1.82, 2.24) is 19.9 Å². The highest BCUT2D eigenvalue weighted by atomic mass is 16.2. The molecule has 0 fully saturated rings. The highest BCUT2D eigenvalue weighted by Gasteiger charge is 2.27. The third kappa shape index (κ3) is 5.22. The van der Waals surface area contributed by atoms with E-state index in [0.717, 1.165) is 0 Å². The molecule has 0 saturated heterocycles. The first kappa shape index (κ1) is 19.4. The van der Waals surface area contributed by atoms with Gasteiger partial charge in [-0.15, -0.1) is 0 Å². The van der Waals surface area contributed by atoms with Crippen LogP contribution < -0.4 is 15.5 Å². The normalized spacial score (nSPS) is 11.8. The predicted octanol–water partition coefficient (Wildman–Crippen LogP) is 1.91. The number of nitrogens with zero attached hydrogens (tertiary/aromatic N) is 6. The van der Waals surface area contributed by atoms with E-state index in [-0.39, 0.29) is 24.1 Å². The molecule has 1 aromatic heterocycles. The molecule has 0 aliphatic heterocycles. The summed E-state index contributed by atoms with van der Waals surface area (Å²) < 4.78 is 0. The van der Waals surface area contributed by atoms with Crippen molar-refractivity contribution < 1.29 is 4.79 Å². The Hall–Kier alpha value is -2.63. The van der Waals surface area contributed by atoms with E-state index in [2.05, 4.69) is 31.7 Å². The van der Waals surface area contributed by atoms with E-state index in [1.54, 1.807) is 21.0 Å². The molecule has 1 rings (SSSR count). The first-order valence-electron chi connectivity index (χ1n) is 7.85. The molecule has 132 valence electrons. The molecule has 1 aromatic rings. The minimum absolute atomic E-state index is 0.110. The number of carbonyl (C=O) groups is 1. The number of hydrogen-bond acceptors (Lipinski definition) is 7. The number of nitriles is 1. The lowest BCUT2D eigenvalue weighted by molar-refractivity contribution is 0.222. The van der Waals surface area contributed by atoms with E-state index >= 15 is 0 Å². The fraction of sp³-hybridized carbons (Fsp3) is 0.667. The third-order valence-electron chi connectivity index (χ3n) is 2.84. The maximum Gasteiger partial charge on any atom is 0.327 e. The number of hydrogen-bond donors (Lipinski definition) is 2. The van der Waals surface area contributed by atoms with Crippen LogP contribution in [-0.4, -0.2) is 58.1 Å². The van der Waals surface area contributed by atoms with Crippen LogP contribution in [0.1, 0.15) is 34.6 Å². The van der Waals surface area contributed by atoms with E-state index < -0.39 is 6.04 Å². The van der Waals surface area contributed by atoms with Crippen LogP contribution in [0.25, 0.3) is 0 Å². The number of carbonyl (C=O) groups excluding carboxylic acids is 1. The largest absolute Gasteiger partial charge is 0.352 e. The van der Waals surface area contributed by atoms with Gasteiger partial charge in [0, 0.05) is 26.2 Å². The molecule has 1 unspecified atom stereocenters. The van der Waals surface area contributed by atoms with Crippen molar-refractivity contribution in [3.63, 3.8) is 0 Å². The highest BCUT2D eigenvalue weighted by Crippen LogP contribution is 2.18. The van der Waals surface area contributed by atoms with Crippen LogP contribution in [0.2, 0.25) is 0 Å². The number of anilines is 3. The average Bonchev–Trinajstić information content (AvgIpc) is 2.45. The smallest absolute Gasteiger partial charge is 0.327 e. The third-order valence-corrected chi connectivity index (χ3v) is 2.84. The topological polar surface area (TPSA) is 110 Å². The van der Waals surface area contributed by atoms with Gasteiger partial charge < -0.3 is 15.5 Å². The van der Waals surface area contributed by atoms with Gasteiger partial charge in [-0.3, -0.25) is 0 Å². The van der Waals surface area contributed by atoms with E-state index in [0.29, 0.717) is 11.9 Å². The lowest BCUT2D eigenvalue weighted by Crippen LogP contribution is -2.45. The summed E-state index contributed by atoms with van der Waals surface area (Å²) in [4.78, 5) is 28.0. The molecule has 0 bridgehead atoms. The summed E-state index contributed by atoms with van der Waals surface area (Å²) >= 11 is 0. The van der Waals surface area contributed by atoms with Crippen molar-refractivity contribution in [2.45, 2.75) is 52.7 Å². The second-order valence-corrected chi connectivity index (χ2v) is 6.23. The van der Waals surface area contributed by atoms with Crippen LogP contribution in [0.15, 0.2) is 0 Å². The fourth-order valence-corrected chi connectivity index (χ4v) is 1.82. The van der Waals surface area contributed by atoms with Gasteiger partial charge in [0.05, 0.1) is 6.07 Å². The minimum atomic E-state index is -0.721. The van der Waals surface area contributed by atoms with Crippen molar-refractivity contribution >= 4 is 23.9 Å². The van der Waals surface area contributed by atoms with Gasteiger partial charge in [-0.25, -0.2) is 9.69 Å². The summed E-state index contributed by atoms with van der Waals surface area (Å²) in [6, 6.07) is 1.18. The maximum absolute atomic E-state index is 12.5. The second kappa shape index (κ2) is 8.29. The van der Waals surface area contributed by atoms with Gasteiger partial charge >= 0.3 is 6.03 Å². The molecule has 24 heavy (non-hydrogen) atoms. The molecule has 1 heterocycles. The van der Waals surface area contributed by atoms with Crippen molar-refractivity contribution in [1.29, 1.82) is 5.26 Å². The maximum atomic E-state index is 12.5. The number of urea groups is 1. The van der Waals surface area contributed by atoms with Gasteiger partial charge in [0.25, 0.3) is 0 Å². The Morgan fingerprint density at radius 1 is 1.00 bits per heavy atom. The first-order chi connectivity index (χ1) is 11.1. The molecule has 0 saturated carbocycles. The number of rotatable bonds is 6. The monoisotopic (exact) mass is 334 g/mol. The molecule has 0 aromatic carbocycles. The summed E-state index contributed by atoms with van der Waals surface area (Å²) in [5.74, 6) is 0.823. The second-order valence-electron chi connectivity index (χ2n) is 6.23. The lowest BCUT2D eigenvalue weighted by atomic mass is 10.3. The molecule has 9 heteroatoms. The zero-order chi connectivity index (χ0) is 18.4. The summed E-state index contributed by atoms with van der Waals surface area (Å²) in [5, 5.41) is 15.5. The zero-order valence-electron chi connectivity index (χ0n) is 15.3. The summed E-state index contributed by atoms with van der Waals surface area (Å²) in [7, 11) is 3.22. The molecule has 0 radical (unpaired) electrons. The summed E-state index contributed by atoms with van der Waals surface area (Å²) in [6.45, 7) is 9.45. The van der Waals surface area contributed by atoms with E-state index in [4.69, 9.17) is 0 Å². The van der Waals surface area contributed by atoms with Gasteiger partial charge in [0.1, 0.15) is 6.04 Å². The Kier molecular flexibility index (Phi) is 6.70. The molecule has 1 atom stereocenters. The molecule has 0 aliphatic carbocycles. The Morgan fingerprint density at radius 2 is 1.46 bits per heavy atom. The molecule has 0 aliphatic rings. The quantitative estimate of drug-likeness (QED) is 0.817. The number of aromatic nitrogens is 3. The average molecular weight is 334 g/mol. The van der Waals surface area contributed by atoms with Crippen molar-refractivity contribution in [3.05, 3.63) is 0 Å². The van der Waals surface area contributed by atoms with Gasteiger partial charge in [0.2, 0.25) is 17.8 Å². The van der Waals surface area contributed by atoms with E-state index in [9.17, 15) is 10.1 Å². The van der Waals surface area contributed by atoms with Crippen LogP contribution in [0.3, 0.4) is 0 Å². The predicted molar refractivity (Wildman–Crippen MR) is 94.0 cm³/mol. The van der Waals surface area contributed by atoms with Gasteiger partial charge in [-0.05, 0) is 34.6 Å². The molecule has 2 amide bonds. The van der Waals surface area contributed by atoms with Crippen molar-refractivity contribution in [2.75, 3.05) is 29.6 Å². The zero-order valence-corrected chi connectivity index (χ0v) is 15.3. The number of amides is 2. The van der Waals surface area contributed by atoms with E-state index in [1.165, 1.54) is 9.80 Å². The Labute approximate surface area is 143 Å². The Balaban J connectivity index is 3.39. The van der Waals surface area contributed by atoms with Crippen molar-refractivity contribution in [3.8, 4) is 6.07 Å². The van der Waals surface area contributed by atoms with Crippen LogP contribution in [0, 0.1) is 11.3 Å². The Morgan fingerprint density at radius 3 is 1.79 bits per heavy atom. The fourth-order valence-electron chi connectivity index (χ4n) is 1.82. The van der Waals surface area contributed by atoms with Crippen LogP contribution in [0.4, 0.5) is 22.6 Å². The van der Waals surface area contributed by atoms with Crippen molar-refractivity contribution in [2.24, 2.45) is 0 Å².